The van der Waals surface area contributed by atoms with E-state index in [-0.39, 0.29) is 12.5 Å². The number of hydrogen-bond acceptors (Lipinski definition) is 5. The fraction of sp³-hybridized carbons (Fsp3) is 0.244. The third-order valence-electron chi connectivity index (χ3n) is 9.64. The molecule has 2 aliphatic rings. The van der Waals surface area contributed by atoms with Crippen LogP contribution in [0.2, 0.25) is 0 Å². The highest BCUT2D eigenvalue weighted by Gasteiger charge is 2.55. The van der Waals surface area contributed by atoms with Gasteiger partial charge in [0.05, 0.1) is 0 Å². The van der Waals surface area contributed by atoms with E-state index in [4.69, 9.17) is 18.9 Å². The first-order valence-electron chi connectivity index (χ1n) is 16.2. The van der Waals surface area contributed by atoms with Gasteiger partial charge in [-0.2, -0.15) is 0 Å². The lowest BCUT2D eigenvalue weighted by molar-refractivity contribution is -0.405. The average Bonchev–Trinajstić information content (AvgIpc) is 3.77. The minimum Gasteiger partial charge on any atom is -0.448 e. The summed E-state index contributed by atoms with van der Waals surface area (Å²) >= 11 is 0. The van der Waals surface area contributed by atoms with Crippen LogP contribution in [-0.2, 0) is 24.5 Å². The molecule has 7 rings (SSSR count). The lowest BCUT2D eigenvalue weighted by Crippen LogP contribution is -2.59. The molecule has 5 aromatic carbocycles. The third-order valence-corrected chi connectivity index (χ3v) is 9.64. The second kappa shape index (κ2) is 13.2. The summed E-state index contributed by atoms with van der Waals surface area (Å²) < 4.78 is 26.0. The number of hydrogen-bond donors (Lipinski definition) is 0. The fourth-order valence-electron chi connectivity index (χ4n) is 7.45. The second-order valence-corrected chi connectivity index (χ2v) is 12.0. The first kappa shape index (κ1) is 30.9. The molecule has 0 N–H and O–H groups in total. The molecule has 0 aromatic heterocycles. The van der Waals surface area contributed by atoms with Crippen LogP contribution in [0.1, 0.15) is 46.6 Å². The van der Waals surface area contributed by atoms with Crippen molar-refractivity contribution in [3.05, 3.63) is 167 Å². The van der Waals surface area contributed by atoms with E-state index in [1.165, 1.54) is 22.3 Å². The predicted molar refractivity (Wildman–Crippen MR) is 182 cm³/mol. The Morgan fingerprint density at radius 1 is 0.660 bits per heavy atom. The predicted octanol–water partition coefficient (Wildman–Crippen LogP) is 8.36. The summed E-state index contributed by atoms with van der Waals surface area (Å²) in [4.78, 5) is 15.7. The van der Waals surface area contributed by atoms with Gasteiger partial charge in [-0.15, -0.1) is 0 Å². The summed E-state index contributed by atoms with van der Waals surface area (Å²) in [5.41, 5.74) is 6.30. The second-order valence-electron chi connectivity index (χ2n) is 12.0. The molecule has 1 saturated heterocycles. The van der Waals surface area contributed by atoms with Gasteiger partial charge in [-0.1, -0.05) is 140 Å². The molecule has 1 heterocycles. The number of fused-ring (bicyclic) bond motifs is 3. The molecule has 0 radical (unpaired) electrons. The van der Waals surface area contributed by atoms with Crippen molar-refractivity contribution in [1.29, 1.82) is 0 Å². The first-order chi connectivity index (χ1) is 23.1. The smallest absolute Gasteiger partial charge is 0.410 e. The number of likely N-dealkylation sites (tertiary alicyclic amines) is 1. The van der Waals surface area contributed by atoms with E-state index in [0.717, 1.165) is 23.1 Å². The van der Waals surface area contributed by atoms with E-state index in [9.17, 15) is 4.79 Å². The molecule has 6 heteroatoms. The van der Waals surface area contributed by atoms with Crippen LogP contribution >= 0.6 is 0 Å². The van der Waals surface area contributed by atoms with Gasteiger partial charge >= 0.3 is 12.1 Å². The molecule has 0 bridgehead atoms. The van der Waals surface area contributed by atoms with Crippen molar-refractivity contribution in [2.45, 2.75) is 36.4 Å². The molecule has 1 fully saturated rings. The summed E-state index contributed by atoms with van der Waals surface area (Å²) in [5.74, 6) is -1.68. The van der Waals surface area contributed by atoms with Crippen LogP contribution in [0.3, 0.4) is 0 Å². The SMILES string of the molecule is COC(OC)(OC(c1ccccc1)(c1ccccc1)c1ccccc1)[C@H]1CCCN1C(=O)OCC1c2ccccc2-c2ccccc21. The highest BCUT2D eigenvalue weighted by atomic mass is 16.9. The van der Waals surface area contributed by atoms with Gasteiger partial charge in [0.15, 0.2) is 0 Å². The number of methoxy groups -OCH3 is 2. The number of carbonyl (C=O) groups excluding carboxylic acids is 1. The van der Waals surface area contributed by atoms with Crippen LogP contribution in [0.25, 0.3) is 11.1 Å². The first-order valence-corrected chi connectivity index (χ1v) is 16.2. The molecule has 5 aromatic rings. The Morgan fingerprint density at radius 2 is 1.11 bits per heavy atom. The van der Waals surface area contributed by atoms with Crippen molar-refractivity contribution >= 4 is 6.09 Å². The normalized spacial score (nSPS) is 16.1. The quantitative estimate of drug-likeness (QED) is 0.115. The Labute approximate surface area is 276 Å². The minimum atomic E-state index is -1.64. The molecule has 0 spiro atoms. The van der Waals surface area contributed by atoms with Crippen molar-refractivity contribution < 1.29 is 23.7 Å². The van der Waals surface area contributed by atoms with Gasteiger partial charge in [0.2, 0.25) is 0 Å². The molecule has 1 atom stereocenters. The van der Waals surface area contributed by atoms with Crippen molar-refractivity contribution in [2.75, 3.05) is 27.4 Å². The molecular formula is C41H39NO5. The third kappa shape index (κ3) is 5.42. The van der Waals surface area contributed by atoms with Crippen LogP contribution in [0, 0.1) is 0 Å². The monoisotopic (exact) mass is 625 g/mol. The van der Waals surface area contributed by atoms with Gasteiger partial charge in [-0.25, -0.2) is 4.79 Å². The molecule has 238 valence electrons. The van der Waals surface area contributed by atoms with Gasteiger partial charge in [0.1, 0.15) is 18.2 Å². The standard InChI is InChI=1S/C41H39NO5/c1-44-41(45-2,47-40(30-17-6-3-7-18-30,31-19-8-4-9-20-31)32-21-10-5-11-22-32)38-27-16-28-42(38)39(43)46-29-37-35-25-14-12-23-33(35)34-24-13-15-26-36(34)37/h3-15,17-26,37-38H,16,27-29H2,1-2H3/t38-/m1/s1. The van der Waals surface area contributed by atoms with Gasteiger partial charge < -0.3 is 18.9 Å². The molecule has 47 heavy (non-hydrogen) atoms. The highest BCUT2D eigenvalue weighted by molar-refractivity contribution is 5.79. The van der Waals surface area contributed by atoms with Gasteiger partial charge in [0.25, 0.3) is 0 Å². The molecule has 0 unspecified atom stereocenters. The van der Waals surface area contributed by atoms with Crippen molar-refractivity contribution in [3.63, 3.8) is 0 Å². The summed E-state index contributed by atoms with van der Waals surface area (Å²) in [6.07, 6.45) is 0.948. The fourth-order valence-corrected chi connectivity index (χ4v) is 7.45. The zero-order valence-corrected chi connectivity index (χ0v) is 26.8. The van der Waals surface area contributed by atoms with Gasteiger partial charge in [-0.05, 0) is 51.8 Å². The molecule has 6 nitrogen and oxygen atoms in total. The van der Waals surface area contributed by atoms with Crippen LogP contribution in [-0.4, -0.2) is 50.4 Å². The van der Waals surface area contributed by atoms with Crippen LogP contribution in [0.4, 0.5) is 4.79 Å². The van der Waals surface area contributed by atoms with E-state index in [1.54, 1.807) is 19.1 Å². The molecule has 1 amide bonds. The number of amides is 1. The Balaban J connectivity index is 1.23. The molecular weight excluding hydrogens is 586 g/mol. The van der Waals surface area contributed by atoms with E-state index in [1.807, 2.05) is 115 Å². The van der Waals surface area contributed by atoms with Gasteiger partial charge in [-0.3, -0.25) is 4.90 Å². The largest absolute Gasteiger partial charge is 0.448 e. The van der Waals surface area contributed by atoms with E-state index < -0.39 is 23.7 Å². The number of nitrogens with zero attached hydrogens (tertiary/aromatic N) is 1. The summed E-state index contributed by atoms with van der Waals surface area (Å²) in [6.45, 7) is 0.722. The minimum absolute atomic E-state index is 0.0415. The van der Waals surface area contributed by atoms with E-state index >= 15 is 0 Å². The topological polar surface area (TPSA) is 57.2 Å². The Bertz CT molecular complexity index is 1660. The zero-order valence-electron chi connectivity index (χ0n) is 26.8. The maximum absolute atomic E-state index is 14.0. The van der Waals surface area contributed by atoms with Crippen molar-refractivity contribution in [2.24, 2.45) is 0 Å². The molecule has 1 aliphatic heterocycles. The van der Waals surface area contributed by atoms with Crippen LogP contribution in [0.5, 0.6) is 0 Å². The van der Waals surface area contributed by atoms with E-state index in [0.29, 0.717) is 13.0 Å². The van der Waals surface area contributed by atoms with Crippen LogP contribution < -0.4 is 0 Å². The van der Waals surface area contributed by atoms with Crippen molar-refractivity contribution in [1.82, 2.24) is 4.90 Å². The molecule has 1 aliphatic carbocycles. The summed E-state index contributed by atoms with van der Waals surface area (Å²) in [6, 6.07) is 46.4. The number of benzene rings is 5. The maximum Gasteiger partial charge on any atom is 0.410 e. The summed E-state index contributed by atoms with van der Waals surface area (Å²) in [5, 5.41) is 0. The van der Waals surface area contributed by atoms with Gasteiger partial charge in [0, 0.05) is 26.7 Å². The van der Waals surface area contributed by atoms with E-state index in [2.05, 4.69) is 24.3 Å². The molecule has 0 saturated carbocycles. The lowest BCUT2D eigenvalue weighted by Gasteiger charge is -2.46. The maximum atomic E-state index is 14.0. The Morgan fingerprint density at radius 3 is 1.57 bits per heavy atom. The average molecular weight is 626 g/mol. The number of rotatable bonds is 10. The summed E-state index contributed by atoms with van der Waals surface area (Å²) in [7, 11) is 3.15. The van der Waals surface area contributed by atoms with Crippen LogP contribution in [0.15, 0.2) is 140 Å². The number of carbonyl (C=O) groups is 1. The Kier molecular flexibility index (Phi) is 8.65. The highest BCUT2D eigenvalue weighted by Crippen LogP contribution is 2.47. The lowest BCUT2D eigenvalue weighted by atomic mass is 9.80. The number of ether oxygens (including phenoxy) is 4. The van der Waals surface area contributed by atoms with Crippen molar-refractivity contribution in [3.8, 4) is 11.1 Å². The zero-order chi connectivity index (χ0) is 32.3. The Hall–Kier alpha value is -4.75.